The summed E-state index contributed by atoms with van der Waals surface area (Å²) in [5.41, 5.74) is 0.701. The largest absolute Gasteiger partial charge is 0.507 e. The first-order valence-electron chi connectivity index (χ1n) is 12.3. The average molecular weight is 496 g/mol. The predicted molar refractivity (Wildman–Crippen MR) is 128 cm³/mol. The minimum atomic E-state index is -0.971. The van der Waals surface area contributed by atoms with Gasteiger partial charge in [0, 0.05) is 23.7 Å². The van der Waals surface area contributed by atoms with E-state index in [1.807, 2.05) is 0 Å². The summed E-state index contributed by atoms with van der Waals surface area (Å²) in [7, 11) is 1.39. The number of alkyl halides is 1. The number of phenolic OH excluding ortho intramolecular Hbond substituents is 1. The summed E-state index contributed by atoms with van der Waals surface area (Å²) in [6.45, 7) is 0. The molecule has 2 aromatic heterocycles. The fourth-order valence-electron chi connectivity index (χ4n) is 5.46. The van der Waals surface area contributed by atoms with E-state index in [0.29, 0.717) is 23.0 Å². The molecule has 2 N–H and O–H groups in total. The highest BCUT2D eigenvalue weighted by Crippen LogP contribution is 2.39. The maximum atomic E-state index is 15.4. The second kappa shape index (κ2) is 9.20. The molecule has 2 bridgehead atoms. The minimum absolute atomic E-state index is 0.00526. The monoisotopic (exact) mass is 495 g/mol. The van der Waals surface area contributed by atoms with E-state index in [-0.39, 0.29) is 41.4 Å². The van der Waals surface area contributed by atoms with Gasteiger partial charge in [0.25, 0.3) is 0 Å². The van der Waals surface area contributed by atoms with E-state index in [4.69, 9.17) is 4.74 Å². The summed E-state index contributed by atoms with van der Waals surface area (Å²) in [6, 6.07) is 4.82. The number of aromatic hydroxyl groups is 1. The fraction of sp³-hybridized carbons (Fsp3) is 0.480. The van der Waals surface area contributed by atoms with Gasteiger partial charge in [-0.1, -0.05) is 12.5 Å². The van der Waals surface area contributed by atoms with Crippen molar-refractivity contribution in [2.75, 3.05) is 12.0 Å². The number of rotatable bonds is 6. The number of hydrogen-bond acceptors (Lipinski definition) is 9. The molecule has 3 fully saturated rings. The van der Waals surface area contributed by atoms with Crippen LogP contribution in [-0.4, -0.2) is 67.7 Å². The lowest BCUT2D eigenvalue weighted by molar-refractivity contribution is 0.104. The summed E-state index contributed by atoms with van der Waals surface area (Å²) in [6.07, 6.45) is 7.39. The van der Waals surface area contributed by atoms with E-state index >= 15 is 4.39 Å². The van der Waals surface area contributed by atoms with Crippen LogP contribution in [0, 0.1) is 5.82 Å². The molecule has 11 heteroatoms. The van der Waals surface area contributed by atoms with Crippen LogP contribution in [0.3, 0.4) is 0 Å². The van der Waals surface area contributed by atoms with E-state index in [1.54, 1.807) is 18.3 Å². The van der Waals surface area contributed by atoms with Crippen LogP contribution in [-0.2, 0) is 0 Å². The maximum Gasteiger partial charge on any atom is 0.316 e. The van der Waals surface area contributed by atoms with Crippen LogP contribution in [0.5, 0.6) is 11.8 Å². The van der Waals surface area contributed by atoms with Gasteiger partial charge in [-0.15, -0.1) is 10.2 Å². The second-order valence-corrected chi connectivity index (χ2v) is 9.71. The Morgan fingerprint density at radius 1 is 1.11 bits per heavy atom. The normalized spacial score (nSPS) is 25.4. The van der Waals surface area contributed by atoms with E-state index in [2.05, 4.69) is 35.4 Å². The van der Waals surface area contributed by atoms with E-state index in [1.165, 1.54) is 13.2 Å². The number of phenols is 1. The number of hydrogen-bond donors (Lipinski definition) is 2. The van der Waals surface area contributed by atoms with Crippen LogP contribution in [0.25, 0.3) is 22.6 Å². The van der Waals surface area contributed by atoms with E-state index in [0.717, 1.165) is 44.7 Å². The third kappa shape index (κ3) is 4.21. The summed E-state index contributed by atoms with van der Waals surface area (Å²) in [5, 5.41) is 22.8. The molecule has 9 nitrogen and oxygen atoms in total. The Morgan fingerprint density at radius 3 is 2.69 bits per heavy atom. The van der Waals surface area contributed by atoms with Crippen molar-refractivity contribution in [2.45, 2.75) is 68.9 Å². The zero-order valence-corrected chi connectivity index (χ0v) is 19.8. The number of methoxy groups -OCH3 is 1. The van der Waals surface area contributed by atoms with Crippen molar-refractivity contribution in [3.63, 3.8) is 0 Å². The second-order valence-electron chi connectivity index (χ2n) is 9.71. The van der Waals surface area contributed by atoms with Crippen LogP contribution in [0.15, 0.2) is 30.6 Å². The third-order valence-corrected chi connectivity index (χ3v) is 7.32. The van der Waals surface area contributed by atoms with E-state index < -0.39 is 12.0 Å². The van der Waals surface area contributed by atoms with Crippen molar-refractivity contribution in [1.29, 1.82) is 0 Å². The Bertz CT molecular complexity index is 1260. The highest BCUT2D eigenvalue weighted by molar-refractivity contribution is 5.71. The minimum Gasteiger partial charge on any atom is -0.507 e. The van der Waals surface area contributed by atoms with Crippen LogP contribution in [0.1, 0.15) is 38.5 Å². The van der Waals surface area contributed by atoms with Gasteiger partial charge in [-0.25, -0.2) is 18.7 Å². The molecule has 4 atom stereocenters. The summed E-state index contributed by atoms with van der Waals surface area (Å²) in [4.78, 5) is 14.3. The summed E-state index contributed by atoms with van der Waals surface area (Å²) < 4.78 is 34.7. The van der Waals surface area contributed by atoms with E-state index in [9.17, 15) is 9.50 Å². The molecule has 188 valence electrons. The molecule has 2 aliphatic heterocycles. The molecule has 1 saturated carbocycles. The van der Waals surface area contributed by atoms with Gasteiger partial charge in [0.15, 0.2) is 17.5 Å². The van der Waals surface area contributed by atoms with Gasteiger partial charge < -0.3 is 20.1 Å². The molecule has 4 heterocycles. The molecule has 36 heavy (non-hydrogen) atoms. The summed E-state index contributed by atoms with van der Waals surface area (Å²) >= 11 is 0. The SMILES string of the molecule is COc1ncc(F)c(-c2ccc(-c3ncc(N(C4CC4)[C@H]4C[C@H]5CCC[C@H](N5)[C@H]4F)nn3)c(O)c2)n1. The van der Waals surface area contributed by atoms with Crippen molar-refractivity contribution >= 4 is 5.82 Å². The van der Waals surface area contributed by atoms with Crippen molar-refractivity contribution in [3.8, 4) is 34.4 Å². The van der Waals surface area contributed by atoms with Gasteiger partial charge >= 0.3 is 6.01 Å². The number of aromatic nitrogens is 5. The standard InChI is InChI=1S/C25H27F2N7O2/c1-36-25-29-11-17(26)23(31-25)13-5-8-16(20(35)9-13)24-28-12-21(32-33-24)34(15-6-7-15)19-10-14-3-2-4-18(30-14)22(19)27/h5,8-9,11-12,14-15,18-19,22,30,35H,2-4,6-7,10H2,1H3/t14-,18+,19+,22-/m1/s1. The highest BCUT2D eigenvalue weighted by atomic mass is 19.1. The number of nitrogens with one attached hydrogen (secondary N) is 1. The first-order chi connectivity index (χ1) is 17.5. The highest BCUT2D eigenvalue weighted by Gasteiger charge is 2.46. The quantitative estimate of drug-likeness (QED) is 0.531. The Kier molecular flexibility index (Phi) is 5.87. The Labute approximate surface area is 207 Å². The molecule has 0 amide bonds. The molecule has 1 aromatic carbocycles. The number of piperidine rings is 2. The molecular formula is C25H27F2N7O2. The molecule has 2 saturated heterocycles. The Balaban J connectivity index is 1.26. The average Bonchev–Trinajstić information content (AvgIpc) is 3.73. The Hall–Kier alpha value is -3.47. The number of halogens is 2. The van der Waals surface area contributed by atoms with Gasteiger partial charge in [-0.2, -0.15) is 4.98 Å². The summed E-state index contributed by atoms with van der Waals surface area (Å²) in [5.74, 6) is -0.00918. The lowest BCUT2D eigenvalue weighted by atomic mass is 9.82. The van der Waals surface area contributed by atoms with Crippen molar-refractivity contribution < 1.29 is 18.6 Å². The zero-order chi connectivity index (χ0) is 24.8. The molecule has 3 aliphatic rings. The molecule has 0 unspecified atom stereocenters. The van der Waals surface area contributed by atoms with Gasteiger partial charge in [-0.3, -0.25) is 0 Å². The molecule has 1 aliphatic carbocycles. The van der Waals surface area contributed by atoms with Crippen LogP contribution < -0.4 is 15.0 Å². The Morgan fingerprint density at radius 2 is 1.97 bits per heavy atom. The van der Waals surface area contributed by atoms with Crippen molar-refractivity contribution in [1.82, 2.24) is 30.5 Å². The number of fused-ring (bicyclic) bond motifs is 2. The molecule has 6 rings (SSSR count). The van der Waals surface area contributed by atoms with Crippen LogP contribution in [0.4, 0.5) is 14.6 Å². The van der Waals surface area contributed by atoms with Gasteiger partial charge in [0.05, 0.1) is 31.1 Å². The van der Waals surface area contributed by atoms with Gasteiger partial charge in [-0.05, 0) is 44.2 Å². The molecule has 3 aromatic rings. The number of nitrogens with zero attached hydrogens (tertiary/aromatic N) is 6. The zero-order valence-electron chi connectivity index (χ0n) is 19.8. The van der Waals surface area contributed by atoms with Crippen LogP contribution in [0.2, 0.25) is 0 Å². The molecule has 0 spiro atoms. The maximum absolute atomic E-state index is 15.4. The number of ether oxygens (including phenoxy) is 1. The lowest BCUT2D eigenvalue weighted by Gasteiger charge is -2.47. The first-order valence-corrected chi connectivity index (χ1v) is 12.3. The smallest absolute Gasteiger partial charge is 0.316 e. The van der Waals surface area contributed by atoms with Crippen molar-refractivity contribution in [3.05, 3.63) is 36.4 Å². The fourth-order valence-corrected chi connectivity index (χ4v) is 5.46. The number of benzene rings is 1. The topological polar surface area (TPSA) is 109 Å². The lowest BCUT2D eigenvalue weighted by Crippen LogP contribution is -2.62. The molecular weight excluding hydrogens is 468 g/mol. The van der Waals surface area contributed by atoms with Gasteiger partial charge in [0.1, 0.15) is 17.6 Å². The van der Waals surface area contributed by atoms with Gasteiger partial charge in [0.2, 0.25) is 0 Å². The first kappa shape index (κ1) is 23.0. The molecule has 0 radical (unpaired) electrons. The predicted octanol–water partition coefficient (Wildman–Crippen LogP) is 3.44. The van der Waals surface area contributed by atoms with Crippen LogP contribution >= 0.6 is 0 Å². The van der Waals surface area contributed by atoms with Crippen molar-refractivity contribution in [2.24, 2.45) is 0 Å². The third-order valence-electron chi connectivity index (χ3n) is 7.32. The number of anilines is 1.